The molecule has 1 rings (SSSR count). The summed E-state index contributed by atoms with van der Waals surface area (Å²) in [6.07, 6.45) is 3.41. The predicted molar refractivity (Wildman–Crippen MR) is 58.8 cm³/mol. The number of quaternary nitrogens is 1. The third-order valence-corrected chi connectivity index (χ3v) is 3.50. The van der Waals surface area contributed by atoms with Gasteiger partial charge >= 0.3 is 0 Å². The largest absolute Gasteiger partial charge is 0.347 e. The van der Waals surface area contributed by atoms with Crippen LogP contribution in [0.3, 0.4) is 0 Å². The van der Waals surface area contributed by atoms with Gasteiger partial charge in [0.05, 0.1) is 13.1 Å². The van der Waals surface area contributed by atoms with Gasteiger partial charge in [-0.25, -0.2) is 0 Å². The van der Waals surface area contributed by atoms with Crippen LogP contribution in [0, 0.1) is 0 Å². The van der Waals surface area contributed by atoms with Gasteiger partial charge in [0, 0.05) is 25.7 Å². The Labute approximate surface area is 90.3 Å². The van der Waals surface area contributed by atoms with E-state index < -0.39 is 0 Å². The first kappa shape index (κ1) is 11.8. The first-order chi connectivity index (χ1) is 6.60. The van der Waals surface area contributed by atoms with Crippen LogP contribution in [0.1, 0.15) is 32.6 Å². The molecule has 14 heavy (non-hydrogen) atoms. The summed E-state index contributed by atoms with van der Waals surface area (Å²) in [5.41, 5.74) is 0. The van der Waals surface area contributed by atoms with Crippen LogP contribution in [0.5, 0.6) is 0 Å². The third kappa shape index (κ3) is 2.59. The van der Waals surface area contributed by atoms with Gasteiger partial charge in [0.1, 0.15) is 5.78 Å². The molecule has 1 aliphatic heterocycles. The van der Waals surface area contributed by atoms with E-state index in [0.29, 0.717) is 17.3 Å². The lowest BCUT2D eigenvalue weighted by Gasteiger charge is -2.31. The van der Waals surface area contributed by atoms with Crippen molar-refractivity contribution in [2.24, 2.45) is 0 Å². The molecular formula is C10H18NO2S+. The Kier molecular flexibility index (Phi) is 4.16. The molecule has 0 aromatic carbocycles. The number of hydrogen-bond donors (Lipinski definition) is 1. The van der Waals surface area contributed by atoms with Crippen LogP contribution in [0.2, 0.25) is 0 Å². The van der Waals surface area contributed by atoms with Gasteiger partial charge in [0.2, 0.25) is 0 Å². The number of aliphatic hydroxyl groups excluding tert-OH is 1. The normalized spacial score (nSPS) is 19.6. The minimum Gasteiger partial charge on any atom is -0.347 e. The second-order valence-electron chi connectivity index (χ2n) is 4.04. The van der Waals surface area contributed by atoms with E-state index in [1.807, 2.05) is 0 Å². The molecule has 1 N–H and O–H groups in total. The SMILES string of the molecule is CC(=O)CCC(=S)[N+]1(CO)CCCC1. The summed E-state index contributed by atoms with van der Waals surface area (Å²) in [6.45, 7) is 3.55. The number of likely N-dealkylation sites (tertiary alicyclic amines) is 1. The second-order valence-corrected chi connectivity index (χ2v) is 4.51. The number of Topliss-reactive ketones (excluding diaryl/α,β-unsaturated/α-hetero) is 1. The van der Waals surface area contributed by atoms with E-state index in [9.17, 15) is 9.90 Å². The smallest absolute Gasteiger partial charge is 0.185 e. The molecule has 0 spiro atoms. The Morgan fingerprint density at radius 2 is 1.93 bits per heavy atom. The van der Waals surface area contributed by atoms with Crippen molar-refractivity contribution in [3.05, 3.63) is 0 Å². The fraction of sp³-hybridized carbons (Fsp3) is 0.800. The van der Waals surface area contributed by atoms with Crippen molar-refractivity contribution in [1.82, 2.24) is 0 Å². The minimum atomic E-state index is 0.0940. The Morgan fingerprint density at radius 1 is 1.36 bits per heavy atom. The minimum absolute atomic E-state index is 0.0940. The van der Waals surface area contributed by atoms with Crippen molar-refractivity contribution in [1.29, 1.82) is 0 Å². The molecule has 1 aliphatic rings. The van der Waals surface area contributed by atoms with Gasteiger partial charge in [0.25, 0.3) is 0 Å². The maximum atomic E-state index is 10.8. The van der Waals surface area contributed by atoms with E-state index in [2.05, 4.69) is 0 Å². The third-order valence-electron chi connectivity index (χ3n) is 2.91. The van der Waals surface area contributed by atoms with Crippen LogP contribution in [0.25, 0.3) is 0 Å². The molecule has 4 heteroatoms. The molecule has 0 radical (unpaired) electrons. The number of hydrogen-bond acceptors (Lipinski definition) is 3. The molecule has 1 saturated heterocycles. The van der Waals surface area contributed by atoms with Gasteiger partial charge in [-0.05, 0) is 19.1 Å². The molecule has 0 aromatic heterocycles. The average molecular weight is 216 g/mol. The lowest BCUT2D eigenvalue weighted by molar-refractivity contribution is -0.848. The van der Waals surface area contributed by atoms with E-state index in [-0.39, 0.29) is 12.5 Å². The van der Waals surface area contributed by atoms with Gasteiger partial charge in [-0.15, -0.1) is 0 Å². The zero-order valence-electron chi connectivity index (χ0n) is 8.66. The summed E-state index contributed by atoms with van der Waals surface area (Å²) < 4.78 is 0.544. The summed E-state index contributed by atoms with van der Waals surface area (Å²) in [5, 5.41) is 9.35. The van der Waals surface area contributed by atoms with E-state index in [4.69, 9.17) is 12.2 Å². The van der Waals surface area contributed by atoms with E-state index in [0.717, 1.165) is 30.9 Å². The first-order valence-corrected chi connectivity index (χ1v) is 5.51. The van der Waals surface area contributed by atoms with Gasteiger partial charge < -0.3 is 9.90 Å². The van der Waals surface area contributed by atoms with E-state index in [1.165, 1.54) is 0 Å². The summed E-state index contributed by atoms with van der Waals surface area (Å²) >= 11 is 5.30. The Hall–Kier alpha value is -0.320. The standard InChI is InChI=1S/C10H18NO2S/c1-9(13)4-5-10(14)11(8-12)6-2-3-7-11/h12H,2-8H2,1H3/q+1. The van der Waals surface area contributed by atoms with Crippen molar-refractivity contribution >= 4 is 23.0 Å². The van der Waals surface area contributed by atoms with Gasteiger partial charge in [-0.1, -0.05) is 0 Å². The highest BCUT2D eigenvalue weighted by Crippen LogP contribution is 2.21. The summed E-state index contributed by atoms with van der Waals surface area (Å²) in [4.78, 5) is 11.7. The zero-order chi connectivity index (χ0) is 10.6. The number of nitrogens with zero attached hydrogens (tertiary/aromatic N) is 1. The van der Waals surface area contributed by atoms with Crippen molar-refractivity contribution in [3.63, 3.8) is 0 Å². The van der Waals surface area contributed by atoms with Gasteiger partial charge in [-0.3, -0.25) is 4.48 Å². The molecule has 1 fully saturated rings. The highest BCUT2D eigenvalue weighted by Gasteiger charge is 2.35. The zero-order valence-corrected chi connectivity index (χ0v) is 9.48. The van der Waals surface area contributed by atoms with E-state index >= 15 is 0 Å². The van der Waals surface area contributed by atoms with Crippen molar-refractivity contribution < 1.29 is 14.4 Å². The van der Waals surface area contributed by atoms with Crippen LogP contribution in [-0.4, -0.2) is 40.2 Å². The summed E-state index contributed by atoms with van der Waals surface area (Å²) in [7, 11) is 0. The Bertz CT molecular complexity index is 234. The lowest BCUT2D eigenvalue weighted by Crippen LogP contribution is -2.50. The number of thiocarbonyl (C=S) groups is 1. The molecule has 0 aliphatic carbocycles. The predicted octanol–water partition coefficient (Wildman–Crippen LogP) is 1.24. The van der Waals surface area contributed by atoms with Crippen LogP contribution >= 0.6 is 12.2 Å². The number of carbonyl (C=O) groups is 1. The second kappa shape index (κ2) is 4.96. The number of carbonyl (C=O) groups excluding carboxylic acids is 1. The molecule has 0 unspecified atom stereocenters. The highest BCUT2D eigenvalue weighted by atomic mass is 32.1. The molecule has 3 nitrogen and oxygen atoms in total. The maximum Gasteiger partial charge on any atom is 0.185 e. The highest BCUT2D eigenvalue weighted by molar-refractivity contribution is 7.80. The number of ketones is 1. The monoisotopic (exact) mass is 216 g/mol. The fourth-order valence-corrected chi connectivity index (χ4v) is 2.27. The lowest BCUT2D eigenvalue weighted by atomic mass is 10.2. The number of aliphatic hydroxyl groups is 1. The summed E-state index contributed by atoms with van der Waals surface area (Å²) in [5.74, 6) is 0.169. The molecule has 1 heterocycles. The first-order valence-electron chi connectivity index (χ1n) is 5.10. The van der Waals surface area contributed by atoms with Crippen LogP contribution in [0.15, 0.2) is 0 Å². The van der Waals surface area contributed by atoms with Gasteiger partial charge in [-0.2, -0.15) is 0 Å². The fourth-order valence-electron chi connectivity index (χ4n) is 1.93. The molecule has 80 valence electrons. The van der Waals surface area contributed by atoms with E-state index in [1.54, 1.807) is 6.92 Å². The van der Waals surface area contributed by atoms with Crippen LogP contribution in [0.4, 0.5) is 0 Å². The molecule has 0 saturated carbocycles. The Balaban J connectivity index is 2.52. The van der Waals surface area contributed by atoms with Crippen molar-refractivity contribution in [2.75, 3.05) is 19.8 Å². The van der Waals surface area contributed by atoms with Crippen LogP contribution in [-0.2, 0) is 4.79 Å². The molecule has 0 amide bonds. The molecule has 0 bridgehead atoms. The maximum absolute atomic E-state index is 10.8. The molecular weight excluding hydrogens is 198 g/mol. The number of rotatable bonds is 4. The quantitative estimate of drug-likeness (QED) is 0.567. The van der Waals surface area contributed by atoms with Crippen molar-refractivity contribution in [3.8, 4) is 0 Å². The molecule has 0 aromatic rings. The van der Waals surface area contributed by atoms with Gasteiger partial charge in [0.15, 0.2) is 11.7 Å². The molecule has 0 atom stereocenters. The topological polar surface area (TPSA) is 37.3 Å². The average Bonchev–Trinajstić information content (AvgIpc) is 2.63. The summed E-state index contributed by atoms with van der Waals surface area (Å²) in [6, 6.07) is 0. The Morgan fingerprint density at radius 3 is 2.36 bits per heavy atom. The van der Waals surface area contributed by atoms with Crippen LogP contribution < -0.4 is 0 Å². The van der Waals surface area contributed by atoms with Crippen molar-refractivity contribution in [2.45, 2.75) is 32.6 Å².